The quantitative estimate of drug-likeness (QED) is 0.650. The van der Waals surface area contributed by atoms with Gasteiger partial charge in [-0.05, 0) is 42.9 Å². The third kappa shape index (κ3) is 3.43. The summed E-state index contributed by atoms with van der Waals surface area (Å²) in [5, 5.41) is 32.0. The molecule has 0 aromatic heterocycles. The number of ether oxygens (including phenoxy) is 1. The lowest BCUT2D eigenvalue weighted by Crippen LogP contribution is -2.67. The zero-order chi connectivity index (χ0) is 19.6. The Hall–Kier alpha value is -0.650. The molecular formula is C21H36O5. The monoisotopic (exact) mass is 368 g/mol. The van der Waals surface area contributed by atoms with E-state index in [2.05, 4.69) is 20.8 Å². The van der Waals surface area contributed by atoms with Crippen LogP contribution in [0.2, 0.25) is 0 Å². The number of aliphatic hydroxyl groups excluding tert-OH is 1. The highest BCUT2D eigenvalue weighted by Crippen LogP contribution is 2.61. The maximum Gasteiger partial charge on any atom is 0.315 e. The number of hydrogen-bond acceptors (Lipinski definition) is 5. The minimum atomic E-state index is -0.965. The van der Waals surface area contributed by atoms with Crippen LogP contribution in [0.25, 0.3) is 0 Å². The second kappa shape index (κ2) is 5.92. The van der Waals surface area contributed by atoms with Gasteiger partial charge in [0.25, 0.3) is 0 Å². The summed E-state index contributed by atoms with van der Waals surface area (Å²) in [4.78, 5) is 13.4. The van der Waals surface area contributed by atoms with Gasteiger partial charge in [0.2, 0.25) is 0 Å². The highest BCUT2D eigenvalue weighted by Gasteiger charge is 2.65. The molecule has 4 aliphatic rings. The van der Waals surface area contributed by atoms with E-state index in [1.165, 1.54) is 0 Å². The second-order valence-electron chi connectivity index (χ2n) is 11.2. The van der Waals surface area contributed by atoms with Crippen LogP contribution >= 0.6 is 0 Å². The third-order valence-electron chi connectivity index (χ3n) is 6.91. The molecule has 0 aromatic carbocycles. The maximum absolute atomic E-state index is 13.4. The van der Waals surface area contributed by atoms with E-state index in [9.17, 15) is 20.1 Å². The Morgan fingerprint density at radius 2 is 1.62 bits per heavy atom. The van der Waals surface area contributed by atoms with Gasteiger partial charge in [0, 0.05) is 19.3 Å². The maximum atomic E-state index is 13.4. The number of carbonyl (C=O) groups excluding carboxylic acids is 1. The standard InChI is InChI=1S/C21H36O5/c1-14(2)21(13-22,9-17(3,4)5)16(23)26-20-8-15-6-18(24,11-20)10-19(25,7-15)12-20/h14-15,22,24-25H,6-13H2,1-5H3. The predicted molar refractivity (Wildman–Crippen MR) is 98.3 cm³/mol. The summed E-state index contributed by atoms with van der Waals surface area (Å²) in [5.41, 5.74) is -3.76. The summed E-state index contributed by atoms with van der Waals surface area (Å²) >= 11 is 0. The van der Waals surface area contributed by atoms with Gasteiger partial charge in [-0.25, -0.2) is 0 Å². The number of aliphatic hydroxyl groups is 3. The Labute approximate surface area is 157 Å². The first-order valence-corrected chi connectivity index (χ1v) is 10.0. The summed E-state index contributed by atoms with van der Waals surface area (Å²) in [6, 6.07) is 0. The molecule has 3 N–H and O–H groups in total. The molecule has 4 bridgehead atoms. The van der Waals surface area contributed by atoms with Crippen LogP contribution in [0.15, 0.2) is 0 Å². The lowest BCUT2D eigenvalue weighted by molar-refractivity contribution is -0.266. The summed E-state index contributed by atoms with van der Waals surface area (Å²) < 4.78 is 6.13. The SMILES string of the molecule is CC(C)C(CO)(CC(C)(C)C)C(=O)OC12CC3CC(O)(CC(O)(C3)C1)C2. The summed E-state index contributed by atoms with van der Waals surface area (Å²) in [6.45, 7) is 9.82. The van der Waals surface area contributed by atoms with Crippen molar-refractivity contribution in [2.75, 3.05) is 6.61 Å². The molecule has 4 rings (SSSR count). The molecule has 0 amide bonds. The van der Waals surface area contributed by atoms with Gasteiger partial charge in [-0.2, -0.15) is 0 Å². The Morgan fingerprint density at radius 3 is 2.00 bits per heavy atom. The van der Waals surface area contributed by atoms with Crippen molar-refractivity contribution in [2.45, 2.75) is 96.4 Å². The van der Waals surface area contributed by atoms with Gasteiger partial charge in [0.15, 0.2) is 0 Å². The molecule has 26 heavy (non-hydrogen) atoms. The van der Waals surface area contributed by atoms with E-state index in [0.29, 0.717) is 44.9 Å². The van der Waals surface area contributed by atoms with Gasteiger partial charge in [-0.3, -0.25) is 4.79 Å². The van der Waals surface area contributed by atoms with E-state index >= 15 is 0 Å². The average Bonchev–Trinajstić information content (AvgIpc) is 2.38. The topological polar surface area (TPSA) is 87.0 Å². The van der Waals surface area contributed by atoms with Crippen LogP contribution in [0.4, 0.5) is 0 Å². The Morgan fingerprint density at radius 1 is 1.08 bits per heavy atom. The van der Waals surface area contributed by atoms with Crippen molar-refractivity contribution in [1.29, 1.82) is 0 Å². The minimum Gasteiger partial charge on any atom is -0.458 e. The predicted octanol–water partition coefficient (Wildman–Crippen LogP) is 2.80. The van der Waals surface area contributed by atoms with Gasteiger partial charge < -0.3 is 20.1 Å². The average molecular weight is 369 g/mol. The van der Waals surface area contributed by atoms with E-state index in [4.69, 9.17) is 4.74 Å². The Balaban J connectivity index is 1.88. The molecule has 0 spiro atoms. The van der Waals surface area contributed by atoms with E-state index < -0.39 is 22.2 Å². The van der Waals surface area contributed by atoms with Crippen molar-refractivity contribution in [3.8, 4) is 0 Å². The molecule has 5 nitrogen and oxygen atoms in total. The number of rotatable bonds is 5. The van der Waals surface area contributed by atoms with E-state index in [1.54, 1.807) is 0 Å². The fraction of sp³-hybridized carbons (Fsp3) is 0.952. The molecule has 5 heteroatoms. The summed E-state index contributed by atoms with van der Waals surface area (Å²) in [7, 11) is 0. The Kier molecular flexibility index (Phi) is 4.58. The molecule has 150 valence electrons. The molecule has 4 saturated carbocycles. The normalized spacial score (nSPS) is 41.3. The fourth-order valence-corrected chi connectivity index (χ4v) is 6.42. The van der Waals surface area contributed by atoms with Crippen molar-refractivity contribution in [1.82, 2.24) is 0 Å². The van der Waals surface area contributed by atoms with Gasteiger partial charge in [-0.1, -0.05) is 34.6 Å². The first-order chi connectivity index (χ1) is 11.7. The Bertz CT molecular complexity index is 559. The molecule has 0 radical (unpaired) electrons. The van der Waals surface area contributed by atoms with Crippen LogP contribution in [0.3, 0.4) is 0 Å². The molecule has 0 aromatic rings. The molecule has 3 atom stereocenters. The highest BCUT2D eigenvalue weighted by molar-refractivity contribution is 5.78. The van der Waals surface area contributed by atoms with Gasteiger partial charge in [-0.15, -0.1) is 0 Å². The van der Waals surface area contributed by atoms with Crippen LogP contribution in [0.1, 0.15) is 79.6 Å². The first-order valence-electron chi connectivity index (χ1n) is 10.0. The van der Waals surface area contributed by atoms with Crippen LogP contribution in [0.5, 0.6) is 0 Å². The van der Waals surface area contributed by atoms with Crippen molar-refractivity contribution < 1.29 is 24.9 Å². The summed E-state index contributed by atoms with van der Waals surface area (Å²) in [5.74, 6) is -0.252. The van der Waals surface area contributed by atoms with E-state index in [1.807, 2.05) is 13.8 Å². The largest absolute Gasteiger partial charge is 0.458 e. The third-order valence-corrected chi connectivity index (χ3v) is 6.91. The second-order valence-corrected chi connectivity index (χ2v) is 11.2. The zero-order valence-electron chi connectivity index (χ0n) is 17.0. The molecule has 0 heterocycles. The first kappa shape index (κ1) is 20.1. The van der Waals surface area contributed by atoms with Crippen LogP contribution in [-0.2, 0) is 9.53 Å². The van der Waals surface area contributed by atoms with Gasteiger partial charge >= 0.3 is 5.97 Å². The van der Waals surface area contributed by atoms with Crippen molar-refractivity contribution >= 4 is 5.97 Å². The van der Waals surface area contributed by atoms with E-state index in [-0.39, 0.29) is 29.8 Å². The van der Waals surface area contributed by atoms with Gasteiger partial charge in [0.1, 0.15) is 5.60 Å². The number of carbonyl (C=O) groups is 1. The smallest absolute Gasteiger partial charge is 0.315 e. The van der Waals surface area contributed by atoms with Crippen LogP contribution in [0, 0.1) is 22.7 Å². The molecular weight excluding hydrogens is 332 g/mol. The van der Waals surface area contributed by atoms with E-state index in [0.717, 1.165) is 0 Å². The van der Waals surface area contributed by atoms with Crippen molar-refractivity contribution in [3.63, 3.8) is 0 Å². The fourth-order valence-electron chi connectivity index (χ4n) is 6.42. The molecule has 4 aliphatic carbocycles. The molecule has 0 saturated heterocycles. The van der Waals surface area contributed by atoms with Crippen molar-refractivity contribution in [2.24, 2.45) is 22.7 Å². The van der Waals surface area contributed by atoms with Crippen LogP contribution < -0.4 is 0 Å². The lowest BCUT2D eigenvalue weighted by Gasteiger charge is -2.62. The van der Waals surface area contributed by atoms with Crippen LogP contribution in [-0.4, -0.2) is 44.7 Å². The van der Waals surface area contributed by atoms with Gasteiger partial charge in [0.05, 0.1) is 23.2 Å². The lowest BCUT2D eigenvalue weighted by atomic mass is 9.50. The highest BCUT2D eigenvalue weighted by atomic mass is 16.6. The molecule has 4 fully saturated rings. The molecule has 0 aliphatic heterocycles. The number of esters is 1. The van der Waals surface area contributed by atoms with Crippen molar-refractivity contribution in [3.05, 3.63) is 0 Å². The minimum absolute atomic E-state index is 0.0701. The zero-order valence-corrected chi connectivity index (χ0v) is 17.0. The molecule has 3 unspecified atom stereocenters. The summed E-state index contributed by atoms with van der Waals surface area (Å²) in [6.07, 6.45) is 3.80. The number of hydrogen-bond donors (Lipinski definition) is 3.